The molecule has 0 aromatic heterocycles. The van der Waals surface area contributed by atoms with Gasteiger partial charge in [-0.1, -0.05) is 43.1 Å². The molecular formula is C14H20Cl2N2O2. The second-order valence-electron chi connectivity index (χ2n) is 4.43. The van der Waals surface area contributed by atoms with E-state index in [1.165, 1.54) is 0 Å². The first kappa shape index (κ1) is 17.2. The maximum absolute atomic E-state index is 11.4. The zero-order chi connectivity index (χ0) is 15.1. The van der Waals surface area contributed by atoms with E-state index in [0.29, 0.717) is 22.2 Å². The quantitative estimate of drug-likeness (QED) is 0.773. The van der Waals surface area contributed by atoms with E-state index in [0.717, 1.165) is 19.6 Å². The molecule has 20 heavy (non-hydrogen) atoms. The van der Waals surface area contributed by atoms with Gasteiger partial charge in [0.05, 0.1) is 10.0 Å². The largest absolute Gasteiger partial charge is 0.480 e. The van der Waals surface area contributed by atoms with Crippen LogP contribution >= 0.6 is 23.2 Å². The molecule has 0 bridgehead atoms. The lowest BCUT2D eigenvalue weighted by Crippen LogP contribution is -2.36. The number of likely N-dealkylation sites (N-methyl/N-ethyl adjacent to an activating group) is 1. The Balaban J connectivity index is 2.69. The van der Waals surface area contributed by atoms with Crippen molar-refractivity contribution in [2.45, 2.75) is 19.9 Å². The lowest BCUT2D eigenvalue weighted by Gasteiger charge is -2.20. The average Bonchev–Trinajstić information content (AvgIpc) is 2.42. The Morgan fingerprint density at radius 3 is 2.45 bits per heavy atom. The molecule has 112 valence electrons. The molecule has 0 saturated carbocycles. The second-order valence-corrected chi connectivity index (χ2v) is 5.24. The Labute approximate surface area is 129 Å². The lowest BCUT2D eigenvalue weighted by molar-refractivity contribution is -0.139. The van der Waals surface area contributed by atoms with Crippen LogP contribution in [0, 0.1) is 0 Å². The lowest BCUT2D eigenvalue weighted by atomic mass is 10.1. The minimum Gasteiger partial charge on any atom is -0.480 e. The van der Waals surface area contributed by atoms with Crippen LogP contribution in [0.2, 0.25) is 10.0 Å². The minimum atomic E-state index is -0.928. The molecule has 1 atom stereocenters. The molecule has 0 heterocycles. The average molecular weight is 319 g/mol. The highest BCUT2D eigenvalue weighted by Gasteiger charge is 2.20. The molecule has 1 unspecified atom stereocenters. The van der Waals surface area contributed by atoms with E-state index in [4.69, 9.17) is 23.2 Å². The molecule has 1 aromatic rings. The van der Waals surface area contributed by atoms with E-state index < -0.39 is 12.0 Å². The fourth-order valence-electron chi connectivity index (χ4n) is 1.95. The predicted molar refractivity (Wildman–Crippen MR) is 82.6 cm³/mol. The molecule has 0 saturated heterocycles. The summed E-state index contributed by atoms with van der Waals surface area (Å²) in [4.78, 5) is 13.6. The van der Waals surface area contributed by atoms with Gasteiger partial charge in [0.1, 0.15) is 6.04 Å². The molecule has 0 radical (unpaired) electrons. The van der Waals surface area contributed by atoms with E-state index in [-0.39, 0.29) is 0 Å². The first-order valence-corrected chi connectivity index (χ1v) is 7.38. The van der Waals surface area contributed by atoms with E-state index in [2.05, 4.69) is 24.1 Å². The highest BCUT2D eigenvalue weighted by molar-refractivity contribution is 6.42. The molecule has 6 heteroatoms. The maximum Gasteiger partial charge on any atom is 0.325 e. The van der Waals surface area contributed by atoms with Gasteiger partial charge < -0.3 is 10.0 Å². The Bertz CT molecular complexity index is 451. The predicted octanol–water partition coefficient (Wildman–Crippen LogP) is 3.05. The van der Waals surface area contributed by atoms with Gasteiger partial charge in [-0.25, -0.2) is 0 Å². The second kappa shape index (κ2) is 8.47. The smallest absolute Gasteiger partial charge is 0.325 e. The highest BCUT2D eigenvalue weighted by atomic mass is 35.5. The Kier molecular flexibility index (Phi) is 7.30. The Morgan fingerprint density at radius 1 is 1.30 bits per heavy atom. The zero-order valence-electron chi connectivity index (χ0n) is 11.7. The summed E-state index contributed by atoms with van der Waals surface area (Å²) in [6, 6.07) is 4.10. The Morgan fingerprint density at radius 2 is 1.95 bits per heavy atom. The number of rotatable bonds is 8. The summed E-state index contributed by atoms with van der Waals surface area (Å²) in [6.45, 7) is 7.46. The van der Waals surface area contributed by atoms with E-state index in [1.54, 1.807) is 18.2 Å². The third-order valence-electron chi connectivity index (χ3n) is 3.19. The molecule has 0 aliphatic carbocycles. The van der Waals surface area contributed by atoms with Gasteiger partial charge in [0.25, 0.3) is 0 Å². The minimum absolute atomic E-state index is 0.362. The molecule has 2 N–H and O–H groups in total. The number of hydrogen-bond acceptors (Lipinski definition) is 3. The summed E-state index contributed by atoms with van der Waals surface area (Å²) in [5, 5.41) is 13.1. The summed E-state index contributed by atoms with van der Waals surface area (Å²) >= 11 is 11.8. The number of nitrogens with one attached hydrogen (secondary N) is 1. The number of benzene rings is 1. The van der Waals surface area contributed by atoms with E-state index in [9.17, 15) is 9.90 Å². The van der Waals surface area contributed by atoms with Gasteiger partial charge >= 0.3 is 5.97 Å². The number of carboxylic acids is 1. The molecule has 1 rings (SSSR count). The molecule has 0 aliphatic heterocycles. The van der Waals surface area contributed by atoms with Crippen molar-refractivity contribution in [2.24, 2.45) is 0 Å². The van der Waals surface area contributed by atoms with Crippen molar-refractivity contribution in [3.8, 4) is 0 Å². The van der Waals surface area contributed by atoms with Gasteiger partial charge in [0, 0.05) is 13.1 Å². The van der Waals surface area contributed by atoms with Crippen molar-refractivity contribution in [3.63, 3.8) is 0 Å². The number of aliphatic carboxylic acids is 1. The first-order valence-electron chi connectivity index (χ1n) is 6.63. The van der Waals surface area contributed by atoms with Crippen LogP contribution in [0.15, 0.2) is 18.2 Å². The van der Waals surface area contributed by atoms with Gasteiger partial charge in [-0.2, -0.15) is 0 Å². The van der Waals surface area contributed by atoms with Crippen molar-refractivity contribution >= 4 is 29.2 Å². The van der Waals surface area contributed by atoms with Crippen LogP contribution in [0.25, 0.3) is 0 Å². The van der Waals surface area contributed by atoms with Crippen LogP contribution in [0.3, 0.4) is 0 Å². The van der Waals surface area contributed by atoms with Crippen molar-refractivity contribution < 1.29 is 9.90 Å². The normalized spacial score (nSPS) is 12.7. The van der Waals surface area contributed by atoms with Crippen molar-refractivity contribution in [3.05, 3.63) is 33.8 Å². The first-order chi connectivity index (χ1) is 9.49. The van der Waals surface area contributed by atoms with Gasteiger partial charge in [-0.3, -0.25) is 10.1 Å². The molecule has 1 aromatic carbocycles. The SMILES string of the molecule is CCN(CC)CCNC(C(=O)O)c1ccc(Cl)c(Cl)c1. The topological polar surface area (TPSA) is 52.6 Å². The molecule has 0 fully saturated rings. The van der Waals surface area contributed by atoms with Crippen LogP contribution in [0.1, 0.15) is 25.5 Å². The van der Waals surface area contributed by atoms with Gasteiger partial charge in [-0.05, 0) is 30.8 Å². The summed E-state index contributed by atoms with van der Waals surface area (Å²) in [7, 11) is 0. The van der Waals surface area contributed by atoms with Crippen LogP contribution in [0.5, 0.6) is 0 Å². The summed E-state index contributed by atoms with van der Waals surface area (Å²) in [5.41, 5.74) is 0.603. The fourth-order valence-corrected chi connectivity index (χ4v) is 2.25. The molecule has 4 nitrogen and oxygen atoms in total. The van der Waals surface area contributed by atoms with Crippen molar-refractivity contribution in [1.29, 1.82) is 0 Å². The third kappa shape index (κ3) is 4.94. The summed E-state index contributed by atoms with van der Waals surface area (Å²) in [6.07, 6.45) is 0. The standard InChI is InChI=1S/C14H20Cl2N2O2/c1-3-18(4-2)8-7-17-13(14(19)20)10-5-6-11(15)12(16)9-10/h5-6,9,13,17H,3-4,7-8H2,1-2H3,(H,19,20). The van der Waals surface area contributed by atoms with Gasteiger partial charge in [-0.15, -0.1) is 0 Å². The number of nitrogens with zero attached hydrogens (tertiary/aromatic N) is 1. The molecule has 0 aliphatic rings. The molecular weight excluding hydrogens is 299 g/mol. The van der Waals surface area contributed by atoms with Crippen LogP contribution in [-0.4, -0.2) is 42.2 Å². The van der Waals surface area contributed by atoms with E-state index in [1.807, 2.05) is 0 Å². The number of hydrogen-bond donors (Lipinski definition) is 2. The van der Waals surface area contributed by atoms with Gasteiger partial charge in [0.15, 0.2) is 0 Å². The monoisotopic (exact) mass is 318 g/mol. The number of carboxylic acid groups (broad SMARTS) is 1. The fraction of sp³-hybridized carbons (Fsp3) is 0.500. The molecule has 0 amide bonds. The van der Waals surface area contributed by atoms with Crippen LogP contribution < -0.4 is 5.32 Å². The van der Waals surface area contributed by atoms with Crippen molar-refractivity contribution in [2.75, 3.05) is 26.2 Å². The number of carbonyl (C=O) groups is 1. The maximum atomic E-state index is 11.4. The molecule has 0 spiro atoms. The number of halogens is 2. The summed E-state index contributed by atoms with van der Waals surface area (Å²) in [5.74, 6) is -0.928. The van der Waals surface area contributed by atoms with Crippen molar-refractivity contribution in [1.82, 2.24) is 10.2 Å². The van der Waals surface area contributed by atoms with E-state index >= 15 is 0 Å². The zero-order valence-corrected chi connectivity index (χ0v) is 13.2. The van der Waals surface area contributed by atoms with Gasteiger partial charge in [0.2, 0.25) is 0 Å². The third-order valence-corrected chi connectivity index (χ3v) is 3.93. The Hall–Kier alpha value is -0.810. The summed E-state index contributed by atoms with van der Waals surface area (Å²) < 4.78 is 0. The van der Waals surface area contributed by atoms with Crippen LogP contribution in [-0.2, 0) is 4.79 Å². The highest BCUT2D eigenvalue weighted by Crippen LogP contribution is 2.25. The van der Waals surface area contributed by atoms with Crippen LogP contribution in [0.4, 0.5) is 0 Å².